The highest BCUT2D eigenvalue weighted by Crippen LogP contribution is 2.50. The molecule has 0 N–H and O–H groups in total. The summed E-state index contributed by atoms with van der Waals surface area (Å²) in [4.78, 5) is 19.9. The molecule has 5 rings (SSSR count). The standard InChI is InChI=1S/C24H28FN3O.ClH/c1-26-14-15-28-21-11-13-27(16-20(21)19-4-2-5-22(26)24(19)28)12-3-6-23(29)17-7-9-18(25)10-8-17;/h2,4-5,7-10,20-21H,3,6,11-16H2,1H3;1H/t20-,21-;/m0./s1. The van der Waals surface area contributed by atoms with Gasteiger partial charge >= 0.3 is 0 Å². The predicted octanol–water partition coefficient (Wildman–Crippen LogP) is 4.34. The van der Waals surface area contributed by atoms with E-state index < -0.39 is 0 Å². The molecule has 2 aromatic rings. The summed E-state index contributed by atoms with van der Waals surface area (Å²) in [6.07, 6.45) is 2.56. The Bertz CT molecular complexity index is 919. The summed E-state index contributed by atoms with van der Waals surface area (Å²) < 4.78 is 13.0. The summed E-state index contributed by atoms with van der Waals surface area (Å²) in [6.45, 7) is 5.33. The van der Waals surface area contributed by atoms with Crippen LogP contribution in [-0.4, -0.2) is 56.5 Å². The molecule has 3 heterocycles. The Labute approximate surface area is 184 Å². The van der Waals surface area contributed by atoms with E-state index in [1.165, 1.54) is 35.5 Å². The molecule has 4 nitrogen and oxygen atoms in total. The minimum Gasteiger partial charge on any atom is -0.371 e. The van der Waals surface area contributed by atoms with E-state index in [0.29, 0.717) is 23.9 Å². The summed E-state index contributed by atoms with van der Waals surface area (Å²) in [7, 11) is 2.19. The predicted molar refractivity (Wildman–Crippen MR) is 122 cm³/mol. The van der Waals surface area contributed by atoms with Crippen LogP contribution in [-0.2, 0) is 0 Å². The van der Waals surface area contributed by atoms with Crippen LogP contribution in [0.3, 0.4) is 0 Å². The zero-order valence-corrected chi connectivity index (χ0v) is 18.2. The van der Waals surface area contributed by atoms with Crippen molar-refractivity contribution < 1.29 is 9.18 Å². The lowest BCUT2D eigenvalue weighted by molar-refractivity contribution is 0.0971. The molecule has 0 saturated carbocycles. The van der Waals surface area contributed by atoms with Crippen LogP contribution >= 0.6 is 12.4 Å². The van der Waals surface area contributed by atoms with Gasteiger partial charge in [0.1, 0.15) is 5.82 Å². The fourth-order valence-electron chi connectivity index (χ4n) is 5.42. The van der Waals surface area contributed by atoms with Gasteiger partial charge in [0.2, 0.25) is 0 Å². The number of Topliss-reactive ketones (excluding diaryl/α,β-unsaturated/α-hetero) is 1. The third-order valence-electron chi connectivity index (χ3n) is 6.93. The number of hydrogen-bond acceptors (Lipinski definition) is 4. The van der Waals surface area contributed by atoms with Crippen molar-refractivity contribution in [1.29, 1.82) is 0 Å². The lowest BCUT2D eigenvalue weighted by atomic mass is 9.89. The molecule has 0 spiro atoms. The first kappa shape index (κ1) is 21.1. The minimum atomic E-state index is -0.298. The van der Waals surface area contributed by atoms with Gasteiger partial charge < -0.3 is 14.7 Å². The zero-order chi connectivity index (χ0) is 20.0. The number of rotatable bonds is 5. The normalized spacial score (nSPS) is 22.3. The first-order valence-corrected chi connectivity index (χ1v) is 10.7. The average molecular weight is 430 g/mol. The van der Waals surface area contributed by atoms with Crippen molar-refractivity contribution in [1.82, 2.24) is 4.90 Å². The molecule has 0 amide bonds. The Morgan fingerprint density at radius 3 is 2.70 bits per heavy atom. The number of piperidine rings is 1. The van der Waals surface area contributed by atoms with Crippen LogP contribution in [0.4, 0.5) is 15.8 Å². The molecule has 2 aromatic carbocycles. The molecule has 1 fully saturated rings. The number of hydrogen-bond donors (Lipinski definition) is 0. The monoisotopic (exact) mass is 429 g/mol. The summed E-state index contributed by atoms with van der Waals surface area (Å²) in [6, 6.07) is 13.3. The molecule has 0 aromatic heterocycles. The van der Waals surface area contributed by atoms with E-state index in [0.717, 1.165) is 39.1 Å². The Balaban J connectivity index is 0.00000218. The van der Waals surface area contributed by atoms with Gasteiger partial charge in [0, 0.05) is 57.2 Å². The molecular weight excluding hydrogens is 401 g/mol. The van der Waals surface area contributed by atoms with E-state index in [-0.39, 0.29) is 24.0 Å². The first-order chi connectivity index (χ1) is 14.1. The van der Waals surface area contributed by atoms with Crippen molar-refractivity contribution in [2.24, 2.45) is 0 Å². The molecule has 3 aliphatic heterocycles. The van der Waals surface area contributed by atoms with Crippen LogP contribution in [0.15, 0.2) is 42.5 Å². The number of halogens is 2. The molecule has 0 unspecified atom stereocenters. The molecule has 0 aliphatic carbocycles. The molecule has 1 saturated heterocycles. The summed E-state index contributed by atoms with van der Waals surface area (Å²) in [5.74, 6) is 0.377. The van der Waals surface area contributed by atoms with Crippen molar-refractivity contribution in [3.8, 4) is 0 Å². The average Bonchev–Trinajstić information content (AvgIpc) is 3.06. The number of nitrogens with zero attached hydrogens (tertiary/aromatic N) is 3. The van der Waals surface area contributed by atoms with Crippen molar-refractivity contribution >= 4 is 29.6 Å². The molecular formula is C24H29ClFN3O. The van der Waals surface area contributed by atoms with Gasteiger partial charge in [0.05, 0.1) is 11.4 Å². The maximum Gasteiger partial charge on any atom is 0.162 e. The number of fused-ring (bicyclic) bond motifs is 3. The van der Waals surface area contributed by atoms with E-state index in [1.54, 1.807) is 12.1 Å². The number of ketones is 1. The summed E-state index contributed by atoms with van der Waals surface area (Å²) >= 11 is 0. The SMILES string of the molecule is CN1CCN2c3c(cccc31)[C@@H]1CN(CCCC(=O)c3ccc(F)cc3)CC[C@@H]12.Cl. The fourth-order valence-corrected chi connectivity index (χ4v) is 5.42. The lowest BCUT2D eigenvalue weighted by Gasteiger charge is -2.41. The second-order valence-electron chi connectivity index (χ2n) is 8.63. The smallest absolute Gasteiger partial charge is 0.162 e. The number of benzene rings is 2. The minimum absolute atomic E-state index is 0. The Kier molecular flexibility index (Phi) is 6.03. The quantitative estimate of drug-likeness (QED) is 0.660. The highest BCUT2D eigenvalue weighted by molar-refractivity contribution is 5.95. The molecule has 30 heavy (non-hydrogen) atoms. The van der Waals surface area contributed by atoms with Gasteiger partial charge in [0.15, 0.2) is 5.78 Å². The van der Waals surface area contributed by atoms with E-state index >= 15 is 0 Å². The van der Waals surface area contributed by atoms with Gasteiger partial charge in [-0.05, 0) is 55.3 Å². The number of para-hydroxylation sites is 1. The van der Waals surface area contributed by atoms with Crippen LogP contribution in [0.5, 0.6) is 0 Å². The van der Waals surface area contributed by atoms with Crippen LogP contribution in [0.25, 0.3) is 0 Å². The van der Waals surface area contributed by atoms with Crippen LogP contribution in [0.1, 0.15) is 41.1 Å². The highest BCUT2D eigenvalue weighted by Gasteiger charge is 2.44. The van der Waals surface area contributed by atoms with Crippen molar-refractivity contribution in [2.75, 3.05) is 49.6 Å². The lowest BCUT2D eigenvalue weighted by Crippen LogP contribution is -2.49. The van der Waals surface area contributed by atoms with Crippen LogP contribution in [0.2, 0.25) is 0 Å². The molecule has 0 bridgehead atoms. The first-order valence-electron chi connectivity index (χ1n) is 10.7. The maximum absolute atomic E-state index is 13.0. The van der Waals surface area contributed by atoms with Gasteiger partial charge in [-0.25, -0.2) is 4.39 Å². The Morgan fingerprint density at radius 2 is 1.90 bits per heavy atom. The zero-order valence-electron chi connectivity index (χ0n) is 17.4. The molecule has 6 heteroatoms. The van der Waals surface area contributed by atoms with Crippen molar-refractivity contribution in [3.05, 3.63) is 59.4 Å². The number of likely N-dealkylation sites (N-methyl/N-ethyl adjacent to an activating group) is 1. The van der Waals surface area contributed by atoms with Gasteiger partial charge in [-0.15, -0.1) is 12.4 Å². The third kappa shape index (κ3) is 3.69. The van der Waals surface area contributed by atoms with Gasteiger partial charge in [-0.3, -0.25) is 4.79 Å². The summed E-state index contributed by atoms with van der Waals surface area (Å²) in [5, 5.41) is 0. The van der Waals surface area contributed by atoms with Crippen LogP contribution < -0.4 is 9.80 Å². The second kappa shape index (κ2) is 8.56. The Morgan fingerprint density at radius 1 is 1.10 bits per heavy atom. The Hall–Kier alpha value is -2.11. The third-order valence-corrected chi connectivity index (χ3v) is 6.93. The highest BCUT2D eigenvalue weighted by atomic mass is 35.5. The number of likely N-dealkylation sites (tertiary alicyclic amines) is 1. The van der Waals surface area contributed by atoms with E-state index in [1.807, 2.05) is 0 Å². The van der Waals surface area contributed by atoms with Gasteiger partial charge in [0.25, 0.3) is 0 Å². The van der Waals surface area contributed by atoms with Gasteiger partial charge in [-0.2, -0.15) is 0 Å². The van der Waals surface area contributed by atoms with Crippen LogP contribution in [0, 0.1) is 5.82 Å². The fraction of sp³-hybridized carbons (Fsp3) is 0.458. The molecule has 160 valence electrons. The molecule has 3 aliphatic rings. The second-order valence-corrected chi connectivity index (χ2v) is 8.63. The van der Waals surface area contributed by atoms with E-state index in [9.17, 15) is 9.18 Å². The number of carbonyl (C=O) groups is 1. The maximum atomic E-state index is 13.0. The van der Waals surface area contributed by atoms with E-state index in [2.05, 4.69) is 39.9 Å². The van der Waals surface area contributed by atoms with E-state index in [4.69, 9.17) is 0 Å². The van der Waals surface area contributed by atoms with Crippen molar-refractivity contribution in [3.63, 3.8) is 0 Å². The number of carbonyl (C=O) groups excluding carboxylic acids is 1. The van der Waals surface area contributed by atoms with Crippen molar-refractivity contribution in [2.45, 2.75) is 31.2 Å². The molecule has 0 radical (unpaired) electrons. The topological polar surface area (TPSA) is 26.8 Å². The number of anilines is 2. The molecule has 2 atom stereocenters. The summed E-state index contributed by atoms with van der Waals surface area (Å²) in [5.41, 5.74) is 4.95. The van der Waals surface area contributed by atoms with Gasteiger partial charge in [-0.1, -0.05) is 12.1 Å². The largest absolute Gasteiger partial charge is 0.371 e.